The largest absolute Gasteiger partial charge is 0.394 e. The predicted molar refractivity (Wildman–Crippen MR) is 151 cm³/mol. The number of hydrogen-bond donors (Lipinski definition) is 8. The molecule has 0 radical (unpaired) electrons. The van der Waals surface area contributed by atoms with E-state index in [4.69, 9.17) is 5.11 Å². The maximum absolute atomic E-state index is 12.9. The first-order chi connectivity index (χ1) is 19.2. The highest BCUT2D eigenvalue weighted by atomic mass is 16.4. The average molecular weight is 586 g/mol. The minimum absolute atomic E-state index is 0.0243. The van der Waals surface area contributed by atoms with E-state index in [1.807, 2.05) is 0 Å². The van der Waals surface area contributed by atoms with Crippen LogP contribution in [0, 0.1) is 46.3 Å². The second-order valence-corrected chi connectivity index (χ2v) is 14.6. The van der Waals surface area contributed by atoms with E-state index in [1.165, 1.54) is 11.9 Å². The summed E-state index contributed by atoms with van der Waals surface area (Å²) in [5, 5.41) is 82.2. The van der Waals surface area contributed by atoms with Crippen LogP contribution in [0.25, 0.3) is 0 Å². The molecular formula is C31H55NO9. The number of rotatable bonds is 10. The quantitative estimate of drug-likeness (QED) is 0.178. The Morgan fingerprint density at radius 1 is 0.927 bits per heavy atom. The van der Waals surface area contributed by atoms with Gasteiger partial charge in [0.2, 0.25) is 5.91 Å². The van der Waals surface area contributed by atoms with Crippen molar-refractivity contribution in [1.29, 1.82) is 0 Å². The van der Waals surface area contributed by atoms with E-state index in [0.717, 1.165) is 38.5 Å². The van der Waals surface area contributed by atoms with Gasteiger partial charge in [-0.25, -0.2) is 0 Å². The molecule has 4 rings (SSSR count). The molecule has 0 aromatic rings. The SMILES string of the molecule is C[C@H](CCC(=O)N(C)C[C@H](O)[C@@H](O)[C@H](O)[C@H](O)CO)[C@H]1CC[C@H]2[C@@H]3[C@H](O)C[C@@H]4C[C@H](O)CC[C@]4(C)[C@H]3C[C@H](O)[C@]12C. The summed E-state index contributed by atoms with van der Waals surface area (Å²) in [6.07, 6.45) is -1.21. The maximum Gasteiger partial charge on any atom is 0.222 e. The van der Waals surface area contributed by atoms with Gasteiger partial charge in [0.05, 0.1) is 24.9 Å². The summed E-state index contributed by atoms with van der Waals surface area (Å²) in [6, 6.07) is 0. The summed E-state index contributed by atoms with van der Waals surface area (Å²) in [5.41, 5.74) is -0.325. The first-order valence-corrected chi connectivity index (χ1v) is 15.8. The molecular weight excluding hydrogens is 530 g/mol. The minimum Gasteiger partial charge on any atom is -0.394 e. The van der Waals surface area contributed by atoms with Crippen LogP contribution in [0.4, 0.5) is 0 Å². The maximum atomic E-state index is 12.9. The van der Waals surface area contributed by atoms with Gasteiger partial charge < -0.3 is 45.8 Å². The van der Waals surface area contributed by atoms with Crippen molar-refractivity contribution in [2.24, 2.45) is 46.3 Å². The van der Waals surface area contributed by atoms with Crippen LogP contribution in [0.1, 0.15) is 78.6 Å². The Morgan fingerprint density at radius 3 is 2.24 bits per heavy atom. The molecule has 4 aliphatic carbocycles. The molecule has 0 aromatic carbocycles. The van der Waals surface area contributed by atoms with Crippen LogP contribution in [-0.4, -0.2) is 115 Å². The molecule has 4 aliphatic rings. The van der Waals surface area contributed by atoms with Crippen LogP contribution in [0.5, 0.6) is 0 Å². The standard InChI is InChI=1S/C31H55NO9/c1-16(5-8-26(39)32(4)14-23(36)28(40)29(41)24(37)15-33)19-6-7-20-27-21(13-25(38)31(19,20)3)30(2)10-9-18(34)11-17(30)12-22(27)35/h16-25,27-29,33-38,40-41H,5-15H2,1-4H3/t16-,17+,18-,19-,20+,21+,22-,23+,24-,25+,27+,28-,29-,30+,31-/m1/s1. The number of amides is 1. The molecule has 41 heavy (non-hydrogen) atoms. The molecule has 15 atom stereocenters. The highest BCUT2D eigenvalue weighted by Crippen LogP contribution is 2.68. The van der Waals surface area contributed by atoms with Gasteiger partial charge in [0.15, 0.2) is 0 Å². The van der Waals surface area contributed by atoms with E-state index >= 15 is 0 Å². The molecule has 0 unspecified atom stereocenters. The molecule has 0 aromatic heterocycles. The number of fused-ring (bicyclic) bond motifs is 5. The number of carbonyl (C=O) groups is 1. The Morgan fingerprint density at radius 2 is 1.59 bits per heavy atom. The summed E-state index contributed by atoms with van der Waals surface area (Å²) in [5.74, 6) is 0.997. The van der Waals surface area contributed by atoms with E-state index in [0.29, 0.717) is 12.8 Å². The second kappa shape index (κ2) is 12.6. The molecule has 1 amide bonds. The third-order valence-corrected chi connectivity index (χ3v) is 12.5. The van der Waals surface area contributed by atoms with Crippen molar-refractivity contribution >= 4 is 5.91 Å². The summed E-state index contributed by atoms with van der Waals surface area (Å²) in [7, 11) is 1.51. The first-order valence-electron chi connectivity index (χ1n) is 15.8. The number of aliphatic hydroxyl groups is 8. The molecule has 0 saturated heterocycles. The van der Waals surface area contributed by atoms with Crippen LogP contribution >= 0.6 is 0 Å². The molecule has 238 valence electrons. The van der Waals surface area contributed by atoms with E-state index < -0.39 is 43.2 Å². The summed E-state index contributed by atoms with van der Waals surface area (Å²) >= 11 is 0. The average Bonchev–Trinajstić information content (AvgIpc) is 3.29. The fourth-order valence-corrected chi connectivity index (χ4v) is 9.93. The van der Waals surface area contributed by atoms with Gasteiger partial charge in [-0.15, -0.1) is 0 Å². The van der Waals surface area contributed by atoms with Crippen molar-refractivity contribution in [1.82, 2.24) is 4.90 Å². The summed E-state index contributed by atoms with van der Waals surface area (Å²) in [6.45, 7) is 5.65. The van der Waals surface area contributed by atoms with Crippen molar-refractivity contribution in [3.8, 4) is 0 Å². The van der Waals surface area contributed by atoms with Gasteiger partial charge in [-0.05, 0) is 97.7 Å². The number of hydrogen-bond acceptors (Lipinski definition) is 9. The van der Waals surface area contributed by atoms with Gasteiger partial charge >= 0.3 is 0 Å². The lowest BCUT2D eigenvalue weighted by molar-refractivity contribution is -0.207. The molecule has 4 saturated carbocycles. The van der Waals surface area contributed by atoms with Crippen molar-refractivity contribution in [3.05, 3.63) is 0 Å². The number of nitrogens with zero attached hydrogens (tertiary/aromatic N) is 1. The zero-order chi connectivity index (χ0) is 30.4. The Balaban J connectivity index is 1.37. The lowest BCUT2D eigenvalue weighted by Crippen LogP contribution is -2.62. The number of likely N-dealkylation sites (N-methyl/N-ethyl adjacent to an activating group) is 1. The molecule has 0 bridgehead atoms. The second-order valence-electron chi connectivity index (χ2n) is 14.6. The number of aliphatic hydroxyl groups excluding tert-OH is 8. The van der Waals surface area contributed by atoms with Crippen molar-refractivity contribution in [3.63, 3.8) is 0 Å². The summed E-state index contributed by atoms with van der Waals surface area (Å²) < 4.78 is 0. The lowest BCUT2D eigenvalue weighted by atomic mass is 9.43. The molecule has 4 fully saturated rings. The molecule has 0 heterocycles. The third-order valence-electron chi connectivity index (χ3n) is 12.5. The van der Waals surface area contributed by atoms with Crippen molar-refractivity contribution in [2.75, 3.05) is 20.2 Å². The summed E-state index contributed by atoms with van der Waals surface area (Å²) in [4.78, 5) is 14.2. The topological polar surface area (TPSA) is 182 Å². The highest BCUT2D eigenvalue weighted by Gasteiger charge is 2.65. The minimum atomic E-state index is -1.74. The molecule has 10 nitrogen and oxygen atoms in total. The van der Waals surface area contributed by atoms with E-state index in [9.17, 15) is 40.5 Å². The highest BCUT2D eigenvalue weighted by molar-refractivity contribution is 5.75. The smallest absolute Gasteiger partial charge is 0.222 e. The van der Waals surface area contributed by atoms with Crippen LogP contribution < -0.4 is 0 Å². The monoisotopic (exact) mass is 585 g/mol. The lowest BCUT2D eigenvalue weighted by Gasteiger charge is -2.63. The number of carbonyl (C=O) groups excluding carboxylic acids is 1. The third kappa shape index (κ3) is 5.97. The van der Waals surface area contributed by atoms with Gasteiger partial charge in [0.1, 0.15) is 24.4 Å². The van der Waals surface area contributed by atoms with Gasteiger partial charge in [0, 0.05) is 20.0 Å². The predicted octanol–water partition coefficient (Wildman–Crippen LogP) is 0.258. The van der Waals surface area contributed by atoms with Crippen LogP contribution in [0.15, 0.2) is 0 Å². The van der Waals surface area contributed by atoms with Gasteiger partial charge in [-0.1, -0.05) is 20.8 Å². The zero-order valence-corrected chi connectivity index (χ0v) is 25.2. The van der Waals surface area contributed by atoms with Crippen LogP contribution in [-0.2, 0) is 4.79 Å². The van der Waals surface area contributed by atoms with E-state index in [1.54, 1.807) is 0 Å². The van der Waals surface area contributed by atoms with Crippen molar-refractivity contribution in [2.45, 2.75) is 121 Å². The molecule has 8 N–H and O–H groups in total. The van der Waals surface area contributed by atoms with E-state index in [2.05, 4.69) is 20.8 Å². The Kier molecular flexibility index (Phi) is 10.2. The van der Waals surface area contributed by atoms with Crippen LogP contribution in [0.2, 0.25) is 0 Å². The van der Waals surface area contributed by atoms with Crippen molar-refractivity contribution < 1.29 is 45.6 Å². The fourth-order valence-electron chi connectivity index (χ4n) is 9.93. The van der Waals surface area contributed by atoms with Gasteiger partial charge in [-0.3, -0.25) is 4.79 Å². The normalized spacial score (nSPS) is 44.1. The molecule has 0 aliphatic heterocycles. The zero-order valence-electron chi connectivity index (χ0n) is 25.2. The van der Waals surface area contributed by atoms with Crippen LogP contribution in [0.3, 0.4) is 0 Å². The Bertz CT molecular complexity index is 907. The van der Waals surface area contributed by atoms with Gasteiger partial charge in [-0.2, -0.15) is 0 Å². The fraction of sp³-hybridized carbons (Fsp3) is 0.968. The molecule has 10 heteroatoms. The first kappa shape index (κ1) is 33.1. The van der Waals surface area contributed by atoms with E-state index in [-0.39, 0.29) is 71.3 Å². The Hall–Kier alpha value is -0.850. The molecule has 0 spiro atoms. The Labute approximate surface area is 244 Å². The van der Waals surface area contributed by atoms with Gasteiger partial charge in [0.25, 0.3) is 0 Å².